The van der Waals surface area contributed by atoms with E-state index >= 15 is 0 Å². The molecule has 1 N–H and O–H groups in total. The Morgan fingerprint density at radius 1 is 1.11 bits per heavy atom. The minimum atomic E-state index is -0.404. The molecule has 5 heteroatoms. The quantitative estimate of drug-likeness (QED) is 0.551. The van der Waals surface area contributed by atoms with Crippen LogP contribution in [0.1, 0.15) is 0 Å². The highest BCUT2D eigenvalue weighted by Gasteiger charge is 2.11. The van der Waals surface area contributed by atoms with Gasteiger partial charge in [0, 0.05) is 23.1 Å². The van der Waals surface area contributed by atoms with Crippen LogP contribution in [-0.4, -0.2) is 15.1 Å². The first-order chi connectivity index (χ1) is 8.75. The highest BCUT2D eigenvalue weighted by atomic mass is 16.6. The third-order valence-corrected chi connectivity index (χ3v) is 2.80. The molecule has 5 nitrogen and oxygen atoms in total. The summed E-state index contributed by atoms with van der Waals surface area (Å²) in [5.74, 6) is 0. The average Bonchev–Trinajstić information content (AvgIpc) is 2.82. The third kappa shape index (κ3) is 1.62. The Morgan fingerprint density at radius 2 is 1.94 bits per heavy atom. The SMILES string of the molecule is O=[N+]([O-])c1cccc(-c2n[nH]c3ccccc23)c1. The molecule has 0 bridgehead atoms. The van der Waals surface area contributed by atoms with Gasteiger partial charge in [-0.15, -0.1) is 0 Å². The molecule has 1 aromatic heterocycles. The van der Waals surface area contributed by atoms with Crippen molar-refractivity contribution in [2.75, 3.05) is 0 Å². The molecular weight excluding hydrogens is 230 g/mol. The summed E-state index contributed by atoms with van der Waals surface area (Å²) in [6.07, 6.45) is 0. The van der Waals surface area contributed by atoms with Crippen molar-refractivity contribution in [1.82, 2.24) is 10.2 Å². The predicted molar refractivity (Wildman–Crippen MR) is 68.2 cm³/mol. The van der Waals surface area contributed by atoms with E-state index in [1.807, 2.05) is 30.3 Å². The van der Waals surface area contributed by atoms with E-state index in [1.165, 1.54) is 12.1 Å². The average molecular weight is 239 g/mol. The van der Waals surface area contributed by atoms with Gasteiger partial charge in [-0.1, -0.05) is 30.3 Å². The van der Waals surface area contributed by atoms with Crippen LogP contribution in [-0.2, 0) is 0 Å². The van der Waals surface area contributed by atoms with Crippen molar-refractivity contribution in [2.24, 2.45) is 0 Å². The minimum absolute atomic E-state index is 0.0691. The van der Waals surface area contributed by atoms with E-state index in [4.69, 9.17) is 0 Å². The van der Waals surface area contributed by atoms with E-state index in [9.17, 15) is 10.1 Å². The maximum atomic E-state index is 10.8. The summed E-state index contributed by atoms with van der Waals surface area (Å²) in [4.78, 5) is 10.4. The van der Waals surface area contributed by atoms with Crippen LogP contribution in [0.3, 0.4) is 0 Å². The Bertz CT molecular complexity index is 734. The van der Waals surface area contributed by atoms with Crippen molar-refractivity contribution in [3.8, 4) is 11.3 Å². The molecule has 1 heterocycles. The molecule has 3 rings (SSSR count). The molecule has 3 aromatic rings. The summed E-state index contributed by atoms with van der Waals surface area (Å²) >= 11 is 0. The first kappa shape index (κ1) is 10.5. The van der Waals surface area contributed by atoms with E-state index in [0.717, 1.165) is 22.2 Å². The van der Waals surface area contributed by atoms with Gasteiger partial charge in [-0.3, -0.25) is 15.2 Å². The number of aromatic nitrogens is 2. The van der Waals surface area contributed by atoms with E-state index in [1.54, 1.807) is 6.07 Å². The van der Waals surface area contributed by atoms with Crippen molar-refractivity contribution in [1.29, 1.82) is 0 Å². The number of nitro benzene ring substituents is 1. The van der Waals surface area contributed by atoms with Crippen LogP contribution in [0.4, 0.5) is 5.69 Å². The Kier molecular flexibility index (Phi) is 2.30. The molecule has 0 saturated carbocycles. The number of non-ortho nitro benzene ring substituents is 1. The molecule has 0 amide bonds. The fourth-order valence-electron chi connectivity index (χ4n) is 1.95. The van der Waals surface area contributed by atoms with Crippen LogP contribution >= 0.6 is 0 Å². The molecule has 18 heavy (non-hydrogen) atoms. The number of fused-ring (bicyclic) bond motifs is 1. The first-order valence-electron chi connectivity index (χ1n) is 5.43. The van der Waals surface area contributed by atoms with Crippen molar-refractivity contribution in [2.45, 2.75) is 0 Å². The zero-order chi connectivity index (χ0) is 12.5. The molecule has 0 spiro atoms. The standard InChI is InChI=1S/C13H9N3O2/c17-16(18)10-5-3-4-9(8-10)13-11-6-1-2-7-12(11)14-15-13/h1-8H,(H,14,15). The van der Waals surface area contributed by atoms with Gasteiger partial charge in [0.2, 0.25) is 0 Å². The van der Waals surface area contributed by atoms with Crippen LogP contribution < -0.4 is 0 Å². The van der Waals surface area contributed by atoms with Gasteiger partial charge in [-0.2, -0.15) is 5.10 Å². The molecule has 0 atom stereocenters. The molecule has 0 saturated heterocycles. The Balaban J connectivity index is 2.20. The largest absolute Gasteiger partial charge is 0.277 e. The minimum Gasteiger partial charge on any atom is -0.277 e. The summed E-state index contributed by atoms with van der Waals surface area (Å²) < 4.78 is 0. The number of para-hydroxylation sites is 1. The summed E-state index contributed by atoms with van der Waals surface area (Å²) in [5, 5.41) is 18.9. The molecule has 0 radical (unpaired) electrons. The maximum Gasteiger partial charge on any atom is 0.270 e. The third-order valence-electron chi connectivity index (χ3n) is 2.80. The molecule has 0 fully saturated rings. The van der Waals surface area contributed by atoms with Gasteiger partial charge in [-0.05, 0) is 6.07 Å². The normalized spacial score (nSPS) is 10.7. The van der Waals surface area contributed by atoms with Crippen LogP contribution in [0.15, 0.2) is 48.5 Å². The van der Waals surface area contributed by atoms with Crippen LogP contribution in [0.25, 0.3) is 22.2 Å². The number of hydrogen-bond acceptors (Lipinski definition) is 3. The van der Waals surface area contributed by atoms with Gasteiger partial charge in [0.1, 0.15) is 5.69 Å². The highest BCUT2D eigenvalue weighted by Crippen LogP contribution is 2.28. The lowest BCUT2D eigenvalue weighted by molar-refractivity contribution is -0.384. The van der Waals surface area contributed by atoms with Gasteiger partial charge in [-0.25, -0.2) is 0 Å². The van der Waals surface area contributed by atoms with E-state index in [0.29, 0.717) is 0 Å². The molecular formula is C13H9N3O2. The van der Waals surface area contributed by atoms with Crippen LogP contribution in [0.5, 0.6) is 0 Å². The van der Waals surface area contributed by atoms with Gasteiger partial charge >= 0.3 is 0 Å². The number of nitrogens with one attached hydrogen (secondary N) is 1. The fraction of sp³-hybridized carbons (Fsp3) is 0. The topological polar surface area (TPSA) is 71.8 Å². The number of nitrogens with zero attached hydrogens (tertiary/aromatic N) is 2. The highest BCUT2D eigenvalue weighted by molar-refractivity contribution is 5.93. The number of H-pyrrole nitrogens is 1. The number of rotatable bonds is 2. The molecule has 0 aliphatic rings. The van der Waals surface area contributed by atoms with E-state index < -0.39 is 4.92 Å². The maximum absolute atomic E-state index is 10.8. The molecule has 0 unspecified atom stereocenters. The summed E-state index contributed by atoms with van der Waals surface area (Å²) in [5.41, 5.74) is 2.45. The lowest BCUT2D eigenvalue weighted by Crippen LogP contribution is -1.88. The first-order valence-corrected chi connectivity index (χ1v) is 5.43. The molecule has 88 valence electrons. The van der Waals surface area contributed by atoms with Crippen LogP contribution in [0, 0.1) is 10.1 Å². The van der Waals surface area contributed by atoms with Gasteiger partial charge in [0.25, 0.3) is 5.69 Å². The fourth-order valence-corrected chi connectivity index (χ4v) is 1.95. The van der Waals surface area contributed by atoms with Crippen LogP contribution in [0.2, 0.25) is 0 Å². The molecule has 2 aromatic carbocycles. The van der Waals surface area contributed by atoms with Crippen molar-refractivity contribution in [3.05, 3.63) is 58.6 Å². The second-order valence-corrected chi connectivity index (χ2v) is 3.93. The lowest BCUT2D eigenvalue weighted by atomic mass is 10.1. The zero-order valence-electron chi connectivity index (χ0n) is 9.33. The molecule has 0 aliphatic carbocycles. The summed E-state index contributed by atoms with van der Waals surface area (Å²) in [6, 6.07) is 14.2. The number of benzene rings is 2. The van der Waals surface area contributed by atoms with Gasteiger partial charge in [0.05, 0.1) is 10.4 Å². The van der Waals surface area contributed by atoms with Gasteiger partial charge < -0.3 is 0 Å². The monoisotopic (exact) mass is 239 g/mol. The van der Waals surface area contributed by atoms with Crippen molar-refractivity contribution < 1.29 is 4.92 Å². The van der Waals surface area contributed by atoms with Crippen molar-refractivity contribution >= 4 is 16.6 Å². The van der Waals surface area contributed by atoms with E-state index in [-0.39, 0.29) is 5.69 Å². The lowest BCUT2D eigenvalue weighted by Gasteiger charge is -1.97. The second kappa shape index (κ2) is 3.96. The Morgan fingerprint density at radius 3 is 2.78 bits per heavy atom. The Hall–Kier alpha value is -2.69. The number of hydrogen-bond donors (Lipinski definition) is 1. The zero-order valence-corrected chi connectivity index (χ0v) is 9.33. The van der Waals surface area contributed by atoms with Gasteiger partial charge in [0.15, 0.2) is 0 Å². The predicted octanol–water partition coefficient (Wildman–Crippen LogP) is 3.14. The van der Waals surface area contributed by atoms with E-state index in [2.05, 4.69) is 10.2 Å². The van der Waals surface area contributed by atoms with Crippen molar-refractivity contribution in [3.63, 3.8) is 0 Å². The number of nitro groups is 1. The number of aromatic amines is 1. The summed E-state index contributed by atoms with van der Waals surface area (Å²) in [7, 11) is 0. The smallest absolute Gasteiger partial charge is 0.270 e. The Labute approximate surface area is 102 Å². The summed E-state index contributed by atoms with van der Waals surface area (Å²) in [6.45, 7) is 0. The molecule has 0 aliphatic heterocycles. The second-order valence-electron chi connectivity index (χ2n) is 3.93.